The van der Waals surface area contributed by atoms with Crippen molar-refractivity contribution in [2.75, 3.05) is 0 Å². The van der Waals surface area contributed by atoms with Crippen LogP contribution in [0.3, 0.4) is 0 Å². The zero-order chi connectivity index (χ0) is 13.9. The summed E-state index contributed by atoms with van der Waals surface area (Å²) in [5, 5.41) is 13.9. The topological polar surface area (TPSA) is 57.5 Å². The van der Waals surface area contributed by atoms with Gasteiger partial charge in [-0.25, -0.2) is 4.79 Å². The third kappa shape index (κ3) is 15.1. The number of hydrogen-bond acceptors (Lipinski definition) is 1. The average Bonchev–Trinajstić information content (AvgIpc) is 2.15. The molecule has 0 aromatic heterocycles. The van der Waals surface area contributed by atoms with Crippen LogP contribution in [-0.4, -0.2) is 22.5 Å². The molecular weight excluding hydrogens is 237 g/mol. The molecule has 0 radical (unpaired) electrons. The molecule has 0 fully saturated rings. The van der Waals surface area contributed by atoms with Crippen LogP contribution in [0.1, 0.15) is 52.4 Å². The second-order valence-electron chi connectivity index (χ2n) is 3.78. The molecular formula is C11H21F3O3. The van der Waals surface area contributed by atoms with E-state index >= 15 is 0 Å². The van der Waals surface area contributed by atoms with Gasteiger partial charge in [0.15, 0.2) is 0 Å². The van der Waals surface area contributed by atoms with Crippen molar-refractivity contribution >= 4 is 6.16 Å². The highest BCUT2D eigenvalue weighted by molar-refractivity contribution is 5.53. The molecule has 0 rings (SSSR count). The van der Waals surface area contributed by atoms with E-state index in [-0.39, 0.29) is 6.42 Å². The van der Waals surface area contributed by atoms with Gasteiger partial charge in [0, 0.05) is 0 Å². The number of halogens is 3. The molecule has 6 heteroatoms. The van der Waals surface area contributed by atoms with Gasteiger partial charge in [0.2, 0.25) is 0 Å². The lowest BCUT2D eigenvalue weighted by Crippen LogP contribution is -2.21. The lowest BCUT2D eigenvalue weighted by molar-refractivity contribution is -0.177. The normalized spacial score (nSPS) is 12.5. The SMILES string of the molecule is CCCCCCC(CC)C(F)(F)F.O=C(O)O. The van der Waals surface area contributed by atoms with Gasteiger partial charge in [-0.05, 0) is 12.8 Å². The van der Waals surface area contributed by atoms with Crippen molar-refractivity contribution in [1.82, 2.24) is 0 Å². The number of rotatable bonds is 6. The van der Waals surface area contributed by atoms with E-state index in [1.807, 2.05) is 0 Å². The second kappa shape index (κ2) is 10.2. The molecule has 0 saturated carbocycles. The van der Waals surface area contributed by atoms with Crippen LogP contribution >= 0.6 is 0 Å². The molecule has 0 aliphatic heterocycles. The fourth-order valence-electron chi connectivity index (χ4n) is 1.42. The molecule has 0 saturated heterocycles. The Balaban J connectivity index is 0. The summed E-state index contributed by atoms with van der Waals surface area (Å²) in [6.07, 6.45) is -1.53. The number of carboxylic acid groups (broad SMARTS) is 2. The van der Waals surface area contributed by atoms with E-state index in [0.717, 1.165) is 19.3 Å². The molecule has 104 valence electrons. The van der Waals surface area contributed by atoms with Gasteiger partial charge >= 0.3 is 12.3 Å². The summed E-state index contributed by atoms with van der Waals surface area (Å²) in [5.41, 5.74) is 0. The number of unbranched alkanes of at least 4 members (excludes halogenated alkanes) is 3. The van der Waals surface area contributed by atoms with Crippen molar-refractivity contribution in [3.63, 3.8) is 0 Å². The molecule has 0 aromatic rings. The number of alkyl halides is 3. The number of carbonyl (C=O) groups is 1. The Hall–Kier alpha value is -0.940. The first kappa shape index (κ1) is 18.4. The molecule has 3 nitrogen and oxygen atoms in total. The third-order valence-electron chi connectivity index (χ3n) is 2.36. The molecule has 0 aliphatic carbocycles. The van der Waals surface area contributed by atoms with Crippen molar-refractivity contribution in [3.8, 4) is 0 Å². The summed E-state index contributed by atoms with van der Waals surface area (Å²) in [6, 6.07) is 0. The fraction of sp³-hybridized carbons (Fsp3) is 0.909. The van der Waals surface area contributed by atoms with Gasteiger partial charge in [-0.1, -0.05) is 39.5 Å². The Morgan fingerprint density at radius 2 is 1.59 bits per heavy atom. The molecule has 0 amide bonds. The molecule has 2 N–H and O–H groups in total. The minimum atomic E-state index is -3.99. The molecule has 0 aromatic carbocycles. The van der Waals surface area contributed by atoms with Crippen LogP contribution in [0.5, 0.6) is 0 Å². The molecule has 0 bridgehead atoms. The quantitative estimate of drug-likeness (QED) is 0.675. The van der Waals surface area contributed by atoms with Gasteiger partial charge in [0.25, 0.3) is 0 Å². The minimum absolute atomic E-state index is 0.218. The first-order chi connectivity index (χ1) is 7.75. The van der Waals surface area contributed by atoms with Crippen molar-refractivity contribution in [2.45, 2.75) is 58.5 Å². The lowest BCUT2D eigenvalue weighted by atomic mass is 9.98. The summed E-state index contributed by atoms with van der Waals surface area (Å²) < 4.78 is 36.7. The van der Waals surface area contributed by atoms with Crippen LogP contribution in [0.2, 0.25) is 0 Å². The molecule has 1 atom stereocenters. The Bertz CT molecular complexity index is 189. The minimum Gasteiger partial charge on any atom is -0.450 e. The highest BCUT2D eigenvalue weighted by Gasteiger charge is 2.37. The van der Waals surface area contributed by atoms with Crippen LogP contribution in [0.25, 0.3) is 0 Å². The van der Waals surface area contributed by atoms with Gasteiger partial charge in [-0.3, -0.25) is 0 Å². The van der Waals surface area contributed by atoms with E-state index in [9.17, 15) is 13.2 Å². The predicted molar refractivity (Wildman–Crippen MR) is 59.2 cm³/mol. The van der Waals surface area contributed by atoms with Crippen LogP contribution in [-0.2, 0) is 0 Å². The van der Waals surface area contributed by atoms with E-state index in [0.29, 0.717) is 12.8 Å². The van der Waals surface area contributed by atoms with Gasteiger partial charge in [-0.15, -0.1) is 0 Å². The molecule has 0 heterocycles. The highest BCUT2D eigenvalue weighted by Crippen LogP contribution is 2.32. The Morgan fingerprint density at radius 3 is 1.88 bits per heavy atom. The highest BCUT2D eigenvalue weighted by atomic mass is 19.4. The molecule has 0 spiro atoms. The number of hydrogen-bond donors (Lipinski definition) is 2. The molecule has 1 unspecified atom stereocenters. The van der Waals surface area contributed by atoms with Crippen molar-refractivity contribution in [3.05, 3.63) is 0 Å². The average molecular weight is 258 g/mol. The summed E-state index contributed by atoms with van der Waals surface area (Å²) in [5.74, 6) is -1.08. The van der Waals surface area contributed by atoms with Crippen LogP contribution in [0.15, 0.2) is 0 Å². The van der Waals surface area contributed by atoms with Gasteiger partial charge < -0.3 is 10.2 Å². The van der Waals surface area contributed by atoms with Crippen LogP contribution in [0.4, 0.5) is 18.0 Å². The molecule has 17 heavy (non-hydrogen) atoms. The van der Waals surface area contributed by atoms with E-state index in [2.05, 4.69) is 6.92 Å². The summed E-state index contributed by atoms with van der Waals surface area (Å²) in [6.45, 7) is 3.67. The smallest absolute Gasteiger partial charge is 0.450 e. The van der Waals surface area contributed by atoms with Crippen molar-refractivity contribution in [2.24, 2.45) is 5.92 Å². The van der Waals surface area contributed by atoms with Gasteiger partial charge in [0.1, 0.15) is 0 Å². The maximum atomic E-state index is 12.2. The third-order valence-corrected chi connectivity index (χ3v) is 2.36. The summed E-state index contributed by atoms with van der Waals surface area (Å²) in [7, 11) is 0. The predicted octanol–water partition coefficient (Wildman–Crippen LogP) is 4.77. The Labute approximate surface area is 99.6 Å². The zero-order valence-electron chi connectivity index (χ0n) is 10.3. The standard InChI is InChI=1S/C10H19F3.CH2O3/c1-3-5-6-7-8-9(4-2)10(11,12)13;2-1(3)4/h9H,3-8H2,1-2H3;(H2,2,3,4). The van der Waals surface area contributed by atoms with E-state index in [4.69, 9.17) is 15.0 Å². The van der Waals surface area contributed by atoms with Gasteiger partial charge in [0.05, 0.1) is 5.92 Å². The lowest BCUT2D eigenvalue weighted by Gasteiger charge is -2.17. The first-order valence-corrected chi connectivity index (χ1v) is 5.74. The maximum absolute atomic E-state index is 12.2. The van der Waals surface area contributed by atoms with E-state index in [1.165, 1.54) is 0 Å². The first-order valence-electron chi connectivity index (χ1n) is 5.74. The largest absolute Gasteiger partial charge is 0.503 e. The van der Waals surface area contributed by atoms with Crippen molar-refractivity contribution in [1.29, 1.82) is 0 Å². The Morgan fingerprint density at radius 1 is 1.12 bits per heavy atom. The van der Waals surface area contributed by atoms with Gasteiger partial charge in [-0.2, -0.15) is 13.2 Å². The monoisotopic (exact) mass is 258 g/mol. The van der Waals surface area contributed by atoms with Crippen LogP contribution < -0.4 is 0 Å². The summed E-state index contributed by atoms with van der Waals surface area (Å²) >= 11 is 0. The maximum Gasteiger partial charge on any atom is 0.503 e. The van der Waals surface area contributed by atoms with Crippen LogP contribution in [0, 0.1) is 5.92 Å². The van der Waals surface area contributed by atoms with E-state index < -0.39 is 18.2 Å². The second-order valence-corrected chi connectivity index (χ2v) is 3.78. The van der Waals surface area contributed by atoms with E-state index in [1.54, 1.807) is 6.92 Å². The van der Waals surface area contributed by atoms with Crippen molar-refractivity contribution < 1.29 is 28.2 Å². The summed E-state index contributed by atoms with van der Waals surface area (Å²) in [4.78, 5) is 8.56. The zero-order valence-corrected chi connectivity index (χ0v) is 10.3. The fourth-order valence-corrected chi connectivity index (χ4v) is 1.42. The Kier molecular flexibility index (Phi) is 11.1. The molecule has 0 aliphatic rings.